The summed E-state index contributed by atoms with van der Waals surface area (Å²) in [7, 11) is 0. The number of aliphatic hydroxyl groups excluding tert-OH is 1. The molecular weight excluding hydrogens is 514 g/mol. The van der Waals surface area contributed by atoms with Crippen molar-refractivity contribution >= 4 is 45.0 Å². The number of benzene rings is 3. The minimum absolute atomic E-state index is 0.0507. The molecule has 0 aliphatic carbocycles. The molecule has 1 aliphatic heterocycles. The SMILES string of the molecule is CCOC(=O)c1ccc(N2C(=O)C(=O)/C(=C(\O)c3ccc(Br)c(C)c3)C2c2cccc(O)c2)cc1. The molecule has 0 saturated carbocycles. The average molecular weight is 536 g/mol. The van der Waals surface area contributed by atoms with Gasteiger partial charge in [-0.2, -0.15) is 0 Å². The number of esters is 1. The monoisotopic (exact) mass is 535 g/mol. The molecule has 3 aromatic rings. The molecule has 1 unspecified atom stereocenters. The number of hydrogen-bond acceptors (Lipinski definition) is 6. The number of ether oxygens (including phenoxy) is 1. The number of ketones is 1. The minimum Gasteiger partial charge on any atom is -0.508 e. The van der Waals surface area contributed by atoms with Crippen molar-refractivity contribution in [2.24, 2.45) is 0 Å². The molecule has 8 heteroatoms. The first-order chi connectivity index (χ1) is 16.7. The van der Waals surface area contributed by atoms with Crippen molar-refractivity contribution in [3.8, 4) is 5.75 Å². The number of carbonyl (C=O) groups excluding carboxylic acids is 3. The van der Waals surface area contributed by atoms with Gasteiger partial charge in [-0.15, -0.1) is 0 Å². The first-order valence-electron chi connectivity index (χ1n) is 10.9. The van der Waals surface area contributed by atoms with Crippen LogP contribution in [0.15, 0.2) is 76.8 Å². The van der Waals surface area contributed by atoms with Gasteiger partial charge in [0, 0.05) is 15.7 Å². The number of carbonyl (C=O) groups is 3. The summed E-state index contributed by atoms with van der Waals surface area (Å²) >= 11 is 3.42. The van der Waals surface area contributed by atoms with Gasteiger partial charge in [-0.1, -0.05) is 34.1 Å². The van der Waals surface area contributed by atoms with Crippen LogP contribution in [-0.4, -0.2) is 34.5 Å². The Balaban J connectivity index is 1.88. The molecule has 2 N–H and O–H groups in total. The van der Waals surface area contributed by atoms with Gasteiger partial charge < -0.3 is 14.9 Å². The molecule has 0 spiro atoms. The molecule has 4 rings (SSSR count). The van der Waals surface area contributed by atoms with Crippen molar-refractivity contribution in [1.29, 1.82) is 0 Å². The first kappa shape index (κ1) is 24.2. The van der Waals surface area contributed by atoms with Gasteiger partial charge in [-0.3, -0.25) is 14.5 Å². The Bertz CT molecular complexity index is 1360. The standard InChI is InChI=1S/C27H22BrNO6/c1-3-35-27(34)16-7-10-19(11-8-16)29-23(17-5-4-6-20(30)14-17)22(25(32)26(29)33)24(31)18-9-12-21(28)15(2)13-18/h4-14,23,30-31H,3H2,1-2H3/b24-22-. The van der Waals surface area contributed by atoms with E-state index in [1.807, 2.05) is 6.92 Å². The van der Waals surface area contributed by atoms with Gasteiger partial charge in [0.1, 0.15) is 11.5 Å². The zero-order valence-electron chi connectivity index (χ0n) is 19.0. The van der Waals surface area contributed by atoms with Crippen LogP contribution in [0.25, 0.3) is 5.76 Å². The summed E-state index contributed by atoms with van der Waals surface area (Å²) in [5.74, 6) is -2.57. The molecule has 0 radical (unpaired) electrons. The van der Waals surface area contributed by atoms with Crippen molar-refractivity contribution in [2.75, 3.05) is 11.5 Å². The highest BCUT2D eigenvalue weighted by Crippen LogP contribution is 2.43. The molecule has 1 fully saturated rings. The Morgan fingerprint density at radius 3 is 2.34 bits per heavy atom. The van der Waals surface area contributed by atoms with Crippen LogP contribution >= 0.6 is 15.9 Å². The molecule has 1 atom stereocenters. The molecular formula is C27H22BrNO6. The third-order valence-corrected chi connectivity index (χ3v) is 6.61. The molecule has 0 bridgehead atoms. The summed E-state index contributed by atoms with van der Waals surface area (Å²) in [6.45, 7) is 3.77. The number of aryl methyl sites for hydroxylation is 1. The van der Waals surface area contributed by atoms with Crippen molar-refractivity contribution in [1.82, 2.24) is 0 Å². The number of rotatable bonds is 5. The molecule has 178 valence electrons. The lowest BCUT2D eigenvalue weighted by atomic mass is 9.94. The lowest BCUT2D eigenvalue weighted by Gasteiger charge is -2.25. The fraction of sp³-hybridized carbons (Fsp3) is 0.148. The average Bonchev–Trinajstić information content (AvgIpc) is 3.11. The van der Waals surface area contributed by atoms with Crippen molar-refractivity contribution in [2.45, 2.75) is 19.9 Å². The van der Waals surface area contributed by atoms with Crippen LogP contribution in [0.2, 0.25) is 0 Å². The Labute approximate surface area is 210 Å². The van der Waals surface area contributed by atoms with Gasteiger partial charge in [-0.05, 0) is 73.5 Å². The number of nitrogens with zero attached hydrogens (tertiary/aromatic N) is 1. The number of halogens is 1. The minimum atomic E-state index is -1.00. The number of amides is 1. The highest BCUT2D eigenvalue weighted by molar-refractivity contribution is 9.10. The zero-order chi connectivity index (χ0) is 25.3. The van der Waals surface area contributed by atoms with E-state index < -0.39 is 23.7 Å². The zero-order valence-corrected chi connectivity index (χ0v) is 20.6. The summed E-state index contributed by atoms with van der Waals surface area (Å²) in [6, 6.07) is 16.4. The number of anilines is 1. The summed E-state index contributed by atoms with van der Waals surface area (Å²) in [5, 5.41) is 21.3. The van der Waals surface area contributed by atoms with E-state index in [2.05, 4.69) is 15.9 Å². The van der Waals surface area contributed by atoms with Crippen molar-refractivity contribution in [3.05, 3.63) is 99.0 Å². The van der Waals surface area contributed by atoms with Gasteiger partial charge in [0.2, 0.25) is 0 Å². The van der Waals surface area contributed by atoms with Crippen LogP contribution < -0.4 is 4.90 Å². The van der Waals surface area contributed by atoms with E-state index in [-0.39, 0.29) is 23.7 Å². The maximum absolute atomic E-state index is 13.2. The Kier molecular flexibility index (Phi) is 6.75. The molecule has 1 aliphatic rings. The van der Waals surface area contributed by atoms with E-state index >= 15 is 0 Å². The number of phenolic OH excluding ortho intramolecular Hbond substituents is 1. The Morgan fingerprint density at radius 2 is 1.71 bits per heavy atom. The number of phenols is 1. The largest absolute Gasteiger partial charge is 0.508 e. The van der Waals surface area contributed by atoms with Crippen LogP contribution in [0.5, 0.6) is 5.75 Å². The highest BCUT2D eigenvalue weighted by atomic mass is 79.9. The quantitative estimate of drug-likeness (QED) is 0.199. The van der Waals surface area contributed by atoms with Crippen LogP contribution in [0, 0.1) is 6.92 Å². The van der Waals surface area contributed by atoms with E-state index in [1.54, 1.807) is 37.3 Å². The first-order valence-corrected chi connectivity index (χ1v) is 11.7. The van der Waals surface area contributed by atoms with E-state index in [9.17, 15) is 24.6 Å². The van der Waals surface area contributed by atoms with E-state index in [0.717, 1.165) is 10.0 Å². The third-order valence-electron chi connectivity index (χ3n) is 5.72. The number of Topliss-reactive ketones (excluding diaryl/α,β-unsaturated/α-hetero) is 1. The van der Waals surface area contributed by atoms with Gasteiger partial charge >= 0.3 is 5.97 Å². The number of hydrogen-bond donors (Lipinski definition) is 2. The van der Waals surface area contributed by atoms with Crippen LogP contribution in [0.3, 0.4) is 0 Å². The summed E-state index contributed by atoms with van der Waals surface area (Å²) in [6.07, 6.45) is 0. The fourth-order valence-electron chi connectivity index (χ4n) is 4.03. The third kappa shape index (κ3) is 4.57. The van der Waals surface area contributed by atoms with Crippen molar-refractivity contribution < 1.29 is 29.3 Å². The Morgan fingerprint density at radius 1 is 1.03 bits per heavy atom. The van der Waals surface area contributed by atoms with Gasteiger partial charge in [0.05, 0.1) is 23.8 Å². The van der Waals surface area contributed by atoms with Crippen LogP contribution in [-0.2, 0) is 14.3 Å². The summed E-state index contributed by atoms with van der Waals surface area (Å²) in [4.78, 5) is 39.8. The smallest absolute Gasteiger partial charge is 0.338 e. The number of aromatic hydroxyl groups is 1. The second-order valence-electron chi connectivity index (χ2n) is 8.00. The topological polar surface area (TPSA) is 104 Å². The van der Waals surface area contributed by atoms with E-state index in [0.29, 0.717) is 22.4 Å². The molecule has 3 aromatic carbocycles. The fourth-order valence-corrected chi connectivity index (χ4v) is 4.28. The van der Waals surface area contributed by atoms with Crippen LogP contribution in [0.1, 0.15) is 40.0 Å². The number of aliphatic hydroxyl groups is 1. The molecule has 1 amide bonds. The predicted molar refractivity (Wildman–Crippen MR) is 134 cm³/mol. The van der Waals surface area contributed by atoms with Crippen LogP contribution in [0.4, 0.5) is 5.69 Å². The van der Waals surface area contributed by atoms with Gasteiger partial charge in [0.25, 0.3) is 11.7 Å². The maximum atomic E-state index is 13.2. The predicted octanol–water partition coefficient (Wildman–Crippen LogP) is 5.27. The second kappa shape index (κ2) is 9.76. The summed E-state index contributed by atoms with van der Waals surface area (Å²) in [5.41, 5.74) is 2.20. The van der Waals surface area contributed by atoms with E-state index in [4.69, 9.17) is 4.74 Å². The second-order valence-corrected chi connectivity index (χ2v) is 8.85. The van der Waals surface area contributed by atoms with Crippen molar-refractivity contribution in [3.63, 3.8) is 0 Å². The molecule has 1 saturated heterocycles. The molecule has 7 nitrogen and oxygen atoms in total. The molecule has 35 heavy (non-hydrogen) atoms. The Hall–Kier alpha value is -3.91. The highest BCUT2D eigenvalue weighted by Gasteiger charge is 2.47. The molecule has 1 heterocycles. The summed E-state index contributed by atoms with van der Waals surface area (Å²) < 4.78 is 5.84. The normalized spacial score (nSPS) is 17.0. The van der Waals surface area contributed by atoms with Gasteiger partial charge in [0.15, 0.2) is 0 Å². The molecule has 0 aromatic heterocycles. The lowest BCUT2D eigenvalue weighted by molar-refractivity contribution is -0.132. The lowest BCUT2D eigenvalue weighted by Crippen LogP contribution is -2.29. The van der Waals surface area contributed by atoms with E-state index in [1.165, 1.54) is 41.3 Å². The van der Waals surface area contributed by atoms with Gasteiger partial charge in [-0.25, -0.2) is 4.79 Å². The maximum Gasteiger partial charge on any atom is 0.338 e.